The molecule has 0 aliphatic heterocycles. The van der Waals surface area contributed by atoms with Crippen LogP contribution in [-0.2, 0) is 79.5 Å². The normalized spacial score (nSPS) is 8.79. The molecule has 2 aromatic heterocycles. The van der Waals surface area contributed by atoms with E-state index in [1.165, 1.54) is 10.9 Å². The molecule has 2 radical (unpaired) electrons. The number of aromatic nitrogens is 3. The van der Waals surface area contributed by atoms with Crippen LogP contribution in [0.25, 0.3) is 21.8 Å². The standard InChI is InChI=1S/C9H8N.C8H7N2.2C3H7.2Y/c1-10-7-6-8-4-2-3-5-9(8)10;1-10-6-7-4-2-3-5-8(7)9-10;2*1-3-2;;/h3-7H,1H3;3-6H,1H3;2*3H,1-2H3;;/q4*-1;;. The first-order valence-corrected chi connectivity index (χ1v) is 8.75. The van der Waals surface area contributed by atoms with Crippen LogP contribution in [-0.4, -0.2) is 14.3 Å². The Kier molecular flexibility index (Phi) is 18.7. The van der Waals surface area contributed by atoms with Crippen molar-refractivity contribution < 1.29 is 65.4 Å². The fraction of sp³-hybridized carbons (Fsp3) is 0.261. The van der Waals surface area contributed by atoms with Crippen molar-refractivity contribution in [2.24, 2.45) is 14.1 Å². The molecule has 0 amide bonds. The second-order valence-electron chi connectivity index (χ2n) is 5.85. The van der Waals surface area contributed by atoms with Crippen molar-refractivity contribution in [1.82, 2.24) is 14.3 Å². The van der Waals surface area contributed by atoms with Crippen molar-refractivity contribution in [3.8, 4) is 0 Å². The maximum absolute atomic E-state index is 4.21. The van der Waals surface area contributed by atoms with Crippen LogP contribution in [0.4, 0.5) is 0 Å². The topological polar surface area (TPSA) is 22.8 Å². The molecule has 5 heteroatoms. The van der Waals surface area contributed by atoms with Gasteiger partial charge in [-0.2, -0.15) is 64.1 Å². The van der Waals surface area contributed by atoms with Crippen molar-refractivity contribution in [2.45, 2.75) is 27.7 Å². The molecular weight excluding hydrogens is 496 g/mol. The molecule has 0 aliphatic carbocycles. The third-order valence-electron chi connectivity index (χ3n) is 3.19. The molecule has 0 spiro atoms. The van der Waals surface area contributed by atoms with Gasteiger partial charge in [0.1, 0.15) is 0 Å². The van der Waals surface area contributed by atoms with E-state index in [1.54, 1.807) is 4.68 Å². The molecule has 0 saturated heterocycles. The first kappa shape index (κ1) is 29.9. The van der Waals surface area contributed by atoms with Crippen LogP contribution in [0, 0.1) is 25.0 Å². The Morgan fingerprint density at radius 1 is 0.821 bits per heavy atom. The molecule has 0 N–H and O–H groups in total. The van der Waals surface area contributed by atoms with Crippen LogP contribution in [0.3, 0.4) is 0 Å². The largest absolute Gasteiger partial charge is 0.374 e. The SMILES string of the molecule is C[CH-]C.C[CH-]C.Cn1cc2c[c-]ccc2n1.Cn1ccc2c[c-]ccc21.[Y].[Y]. The van der Waals surface area contributed by atoms with Crippen molar-refractivity contribution in [3.05, 3.63) is 79.8 Å². The van der Waals surface area contributed by atoms with Crippen molar-refractivity contribution in [1.29, 1.82) is 0 Å². The summed E-state index contributed by atoms with van der Waals surface area (Å²) in [5.74, 6) is 0. The number of nitrogens with zero attached hydrogens (tertiary/aromatic N) is 3. The van der Waals surface area contributed by atoms with Gasteiger partial charge in [0.15, 0.2) is 0 Å². The van der Waals surface area contributed by atoms with Crippen LogP contribution in [0.15, 0.2) is 54.9 Å². The number of hydrogen-bond acceptors (Lipinski definition) is 1. The van der Waals surface area contributed by atoms with Gasteiger partial charge in [0.05, 0.1) is 0 Å². The minimum atomic E-state index is 0. The number of hydrogen-bond donors (Lipinski definition) is 0. The van der Waals surface area contributed by atoms with Crippen LogP contribution >= 0.6 is 0 Å². The van der Waals surface area contributed by atoms with Crippen molar-refractivity contribution in [3.63, 3.8) is 0 Å². The van der Waals surface area contributed by atoms with Crippen molar-refractivity contribution >= 4 is 21.8 Å². The Morgan fingerprint density at radius 2 is 1.36 bits per heavy atom. The quantitative estimate of drug-likeness (QED) is 0.266. The summed E-state index contributed by atoms with van der Waals surface area (Å²) in [6.07, 6.45) is 8.03. The van der Waals surface area contributed by atoms with E-state index in [2.05, 4.69) is 40.1 Å². The van der Waals surface area contributed by atoms with E-state index in [4.69, 9.17) is 0 Å². The minimum absolute atomic E-state index is 0. The Bertz CT molecular complexity index is 838. The number of benzene rings is 2. The summed E-state index contributed by atoms with van der Waals surface area (Å²) < 4.78 is 3.90. The van der Waals surface area contributed by atoms with Crippen LogP contribution in [0.2, 0.25) is 0 Å². The molecule has 4 rings (SSSR count). The van der Waals surface area contributed by atoms with Crippen LogP contribution in [0.5, 0.6) is 0 Å². The first-order valence-electron chi connectivity index (χ1n) is 8.75. The molecule has 2 heterocycles. The van der Waals surface area contributed by atoms with Crippen LogP contribution in [0.1, 0.15) is 27.7 Å². The minimum Gasteiger partial charge on any atom is -0.374 e. The summed E-state index contributed by atoms with van der Waals surface area (Å²) in [6.45, 7) is 8.00. The van der Waals surface area contributed by atoms with E-state index in [1.807, 2.05) is 91.2 Å². The Labute approximate surface area is 221 Å². The van der Waals surface area contributed by atoms with E-state index in [0.717, 1.165) is 10.9 Å². The zero-order valence-corrected chi connectivity index (χ0v) is 23.5. The molecule has 0 unspecified atom stereocenters. The van der Waals surface area contributed by atoms with E-state index >= 15 is 0 Å². The predicted molar refractivity (Wildman–Crippen MR) is 113 cm³/mol. The molecular formula is C23H29N3Y2-4. The van der Waals surface area contributed by atoms with Crippen molar-refractivity contribution in [2.75, 3.05) is 0 Å². The maximum atomic E-state index is 4.21. The first-order chi connectivity index (χ1) is 12.6. The summed E-state index contributed by atoms with van der Waals surface area (Å²) in [4.78, 5) is 0. The molecule has 0 atom stereocenters. The van der Waals surface area contributed by atoms with Crippen LogP contribution < -0.4 is 0 Å². The van der Waals surface area contributed by atoms with E-state index < -0.39 is 0 Å². The summed E-state index contributed by atoms with van der Waals surface area (Å²) in [5.41, 5.74) is 2.29. The monoisotopic (exact) mass is 525 g/mol. The molecule has 0 saturated carbocycles. The fourth-order valence-electron chi connectivity index (χ4n) is 2.19. The molecule has 28 heavy (non-hydrogen) atoms. The van der Waals surface area contributed by atoms with Gasteiger partial charge < -0.3 is 17.4 Å². The molecule has 146 valence electrons. The third kappa shape index (κ3) is 10.4. The van der Waals surface area contributed by atoms with E-state index in [0.29, 0.717) is 0 Å². The summed E-state index contributed by atoms with van der Waals surface area (Å²) in [7, 11) is 3.96. The van der Waals surface area contributed by atoms with Gasteiger partial charge in [0, 0.05) is 79.5 Å². The zero-order chi connectivity index (χ0) is 19.4. The van der Waals surface area contributed by atoms with E-state index in [-0.39, 0.29) is 65.4 Å². The fourth-order valence-corrected chi connectivity index (χ4v) is 2.19. The summed E-state index contributed by atoms with van der Waals surface area (Å²) in [6, 6.07) is 19.9. The average molecular weight is 525 g/mol. The van der Waals surface area contributed by atoms with E-state index in [9.17, 15) is 0 Å². The second kappa shape index (κ2) is 17.5. The van der Waals surface area contributed by atoms with Gasteiger partial charge in [-0.1, -0.05) is 17.0 Å². The van der Waals surface area contributed by atoms with Gasteiger partial charge in [0.2, 0.25) is 0 Å². The summed E-state index contributed by atoms with van der Waals surface area (Å²) in [5, 5.41) is 6.61. The molecule has 0 bridgehead atoms. The maximum Gasteiger partial charge on any atom is 0.0284 e. The Morgan fingerprint density at radius 3 is 1.89 bits per heavy atom. The molecule has 3 nitrogen and oxygen atoms in total. The summed E-state index contributed by atoms with van der Waals surface area (Å²) >= 11 is 0. The second-order valence-corrected chi connectivity index (χ2v) is 5.85. The van der Waals surface area contributed by atoms with Gasteiger partial charge in [-0.3, -0.25) is 4.68 Å². The Balaban J connectivity index is 0. The number of fused-ring (bicyclic) bond motifs is 2. The van der Waals surface area contributed by atoms with Gasteiger partial charge in [-0.15, -0.1) is 17.5 Å². The molecule has 0 aliphatic rings. The smallest absolute Gasteiger partial charge is 0.0284 e. The van der Waals surface area contributed by atoms with Gasteiger partial charge in [-0.25, -0.2) is 5.10 Å². The number of rotatable bonds is 0. The Hall–Kier alpha value is -0.342. The molecule has 4 aromatic rings. The predicted octanol–water partition coefficient (Wildman–Crippen LogP) is 5.81. The molecule has 0 fully saturated rings. The van der Waals surface area contributed by atoms with Gasteiger partial charge in [0.25, 0.3) is 0 Å². The van der Waals surface area contributed by atoms with Gasteiger partial charge >= 0.3 is 0 Å². The van der Waals surface area contributed by atoms with Gasteiger partial charge in [-0.05, 0) is 17.9 Å². The third-order valence-corrected chi connectivity index (χ3v) is 3.19. The number of aryl methyl sites for hydroxylation is 2. The molecule has 2 aromatic carbocycles. The average Bonchev–Trinajstić information content (AvgIpc) is 3.19. The zero-order valence-electron chi connectivity index (χ0n) is 17.8.